The number of benzene rings is 1. The van der Waals surface area contributed by atoms with Gasteiger partial charge in [0.2, 0.25) is 17.6 Å². The van der Waals surface area contributed by atoms with Crippen LogP contribution in [0.2, 0.25) is 0 Å². The molecule has 12 heteroatoms. The van der Waals surface area contributed by atoms with Crippen molar-refractivity contribution >= 4 is 35.5 Å². The van der Waals surface area contributed by atoms with Gasteiger partial charge in [0, 0.05) is 13.1 Å². The number of rotatable bonds is 13. The molecule has 5 amide bonds. The van der Waals surface area contributed by atoms with E-state index in [-0.39, 0.29) is 24.9 Å². The van der Waals surface area contributed by atoms with Crippen LogP contribution in [0.1, 0.15) is 111 Å². The van der Waals surface area contributed by atoms with Gasteiger partial charge in [0.25, 0.3) is 5.91 Å². The summed E-state index contributed by atoms with van der Waals surface area (Å²) in [4.78, 5) is 80.1. The molecule has 53 heavy (non-hydrogen) atoms. The summed E-state index contributed by atoms with van der Waals surface area (Å²) in [6.07, 6.45) is 8.03. The van der Waals surface area contributed by atoms with Gasteiger partial charge in [-0.05, 0) is 81.8 Å². The Morgan fingerprint density at radius 1 is 0.925 bits per heavy atom. The molecule has 1 saturated carbocycles. The van der Waals surface area contributed by atoms with E-state index >= 15 is 0 Å². The molecule has 4 rings (SSSR count). The largest absolute Gasteiger partial charge is 0.459 e. The number of nitrogens with one attached hydrogen (secondary N) is 4. The molecule has 3 unspecified atom stereocenters. The van der Waals surface area contributed by atoms with Crippen LogP contribution in [0.25, 0.3) is 0 Å². The Labute approximate surface area is 317 Å². The van der Waals surface area contributed by atoms with Crippen molar-refractivity contribution in [3.63, 3.8) is 0 Å². The Kier molecular flexibility index (Phi) is 18.7. The molecular formula is C41H65N5O7. The normalized spacial score (nSPS) is 17.7. The number of hydrogen-bond acceptors (Lipinski definition) is 7. The van der Waals surface area contributed by atoms with E-state index in [9.17, 15) is 28.8 Å². The molecule has 1 aromatic rings. The number of likely N-dealkylation sites (tertiary alicyclic amines) is 1. The van der Waals surface area contributed by atoms with Crippen molar-refractivity contribution in [1.82, 2.24) is 26.2 Å². The van der Waals surface area contributed by atoms with Crippen molar-refractivity contribution in [2.24, 2.45) is 17.8 Å². The van der Waals surface area contributed by atoms with Crippen molar-refractivity contribution in [1.29, 1.82) is 0 Å². The van der Waals surface area contributed by atoms with Gasteiger partial charge in [-0.15, -0.1) is 6.58 Å². The number of ketones is 1. The van der Waals surface area contributed by atoms with Gasteiger partial charge in [-0.2, -0.15) is 0 Å². The van der Waals surface area contributed by atoms with Crippen LogP contribution in [0, 0.1) is 17.8 Å². The predicted octanol–water partition coefficient (Wildman–Crippen LogP) is 5.03. The molecule has 12 nitrogen and oxygen atoms in total. The van der Waals surface area contributed by atoms with E-state index in [1.807, 2.05) is 24.3 Å². The zero-order valence-electron chi connectivity index (χ0n) is 33.3. The highest BCUT2D eigenvalue weighted by Crippen LogP contribution is 2.32. The van der Waals surface area contributed by atoms with Crippen LogP contribution in [0.15, 0.2) is 36.9 Å². The number of Topliss-reactive ketones (excluding diaryl/α,β-unsaturated/α-hetero) is 1. The molecule has 1 heterocycles. The van der Waals surface area contributed by atoms with Crippen LogP contribution in [-0.4, -0.2) is 83.8 Å². The lowest BCUT2D eigenvalue weighted by Gasteiger charge is -2.33. The van der Waals surface area contributed by atoms with Crippen LogP contribution < -0.4 is 21.3 Å². The lowest BCUT2D eigenvalue weighted by Crippen LogP contribution is -2.59. The molecule has 296 valence electrons. The first-order valence-corrected chi connectivity index (χ1v) is 19.4. The van der Waals surface area contributed by atoms with E-state index in [1.165, 1.54) is 17.4 Å². The first-order chi connectivity index (χ1) is 25.0. The summed E-state index contributed by atoms with van der Waals surface area (Å²) in [5, 5.41) is 10.6. The number of nitrogens with zero attached hydrogens (tertiary/aromatic N) is 1. The third-order valence-electron chi connectivity index (χ3n) is 8.82. The predicted molar refractivity (Wildman–Crippen MR) is 207 cm³/mol. The number of ether oxygens (including phenoxy) is 1. The summed E-state index contributed by atoms with van der Waals surface area (Å²) in [7, 11) is 0. The lowest BCUT2D eigenvalue weighted by molar-refractivity contribution is -0.153. The highest BCUT2D eigenvalue weighted by Gasteiger charge is 2.43. The van der Waals surface area contributed by atoms with Gasteiger partial charge in [-0.1, -0.05) is 90.6 Å². The standard InChI is InChI=1S/C34H47N5O7.C4H10.C3H8/c1-5-15-35-31(43)29(41)25(17-21-10-8-11-21)37-30(42)26-14-9-16-39(26)32(44)28(24-18-22-12-6-7-13-23(22)19-24)38-33(45)36-20-27(40)46-34(2,3)4;1-4(2)3;1-3-2/h5-7,12-13,21,24-26,28H,1,8-11,14-20H2,2-4H3,(H,35,43)(H,37,42)(H2,36,38,45);4H,1-3H3;3H2,1-2H3. The average molecular weight is 740 g/mol. The van der Waals surface area contributed by atoms with Crippen molar-refractivity contribution in [3.8, 4) is 0 Å². The lowest BCUT2D eigenvalue weighted by atomic mass is 9.80. The van der Waals surface area contributed by atoms with Crippen LogP contribution >= 0.6 is 0 Å². The second kappa shape index (κ2) is 22.1. The number of fused-ring (bicyclic) bond motifs is 1. The smallest absolute Gasteiger partial charge is 0.325 e. The molecule has 1 aliphatic heterocycles. The van der Waals surface area contributed by atoms with Crippen LogP contribution in [0.3, 0.4) is 0 Å². The van der Waals surface area contributed by atoms with Crippen molar-refractivity contribution in [2.45, 2.75) is 137 Å². The minimum Gasteiger partial charge on any atom is -0.459 e. The summed E-state index contributed by atoms with van der Waals surface area (Å²) in [5.41, 5.74) is 1.46. The highest BCUT2D eigenvalue weighted by atomic mass is 16.6. The Hall–Kier alpha value is -4.22. The Morgan fingerprint density at radius 3 is 2.02 bits per heavy atom. The van der Waals surface area contributed by atoms with Gasteiger partial charge in [-0.25, -0.2) is 4.79 Å². The fraction of sp³-hybridized carbons (Fsp3) is 0.659. The fourth-order valence-corrected chi connectivity index (χ4v) is 6.39. The first kappa shape index (κ1) is 44.9. The van der Waals surface area contributed by atoms with E-state index in [0.717, 1.165) is 36.3 Å². The zero-order chi connectivity index (χ0) is 39.7. The quantitative estimate of drug-likeness (QED) is 0.125. The van der Waals surface area contributed by atoms with Crippen LogP contribution in [0.4, 0.5) is 4.79 Å². The Morgan fingerprint density at radius 2 is 1.51 bits per heavy atom. The minimum absolute atomic E-state index is 0.129. The second-order valence-corrected chi connectivity index (χ2v) is 15.9. The molecule has 0 aromatic heterocycles. The van der Waals surface area contributed by atoms with Gasteiger partial charge in [-0.3, -0.25) is 24.0 Å². The van der Waals surface area contributed by atoms with Crippen molar-refractivity contribution in [2.75, 3.05) is 19.6 Å². The van der Waals surface area contributed by atoms with Crippen molar-refractivity contribution < 1.29 is 33.5 Å². The van der Waals surface area contributed by atoms with E-state index in [1.54, 1.807) is 20.8 Å². The number of amides is 5. The summed E-state index contributed by atoms with van der Waals surface area (Å²) >= 11 is 0. The summed E-state index contributed by atoms with van der Waals surface area (Å²) < 4.78 is 5.27. The van der Waals surface area contributed by atoms with Gasteiger partial charge in [0.05, 0.1) is 6.04 Å². The Bertz CT molecular complexity index is 1370. The number of esters is 1. The molecule has 0 radical (unpaired) electrons. The van der Waals surface area contributed by atoms with Crippen LogP contribution in [0.5, 0.6) is 0 Å². The van der Waals surface area contributed by atoms with Gasteiger partial charge < -0.3 is 30.9 Å². The summed E-state index contributed by atoms with van der Waals surface area (Å²) in [6, 6.07) is 4.31. The molecular weight excluding hydrogens is 674 g/mol. The molecule has 1 aromatic carbocycles. The van der Waals surface area contributed by atoms with Crippen LogP contribution in [-0.2, 0) is 41.6 Å². The maximum absolute atomic E-state index is 14.2. The number of hydrogen-bond donors (Lipinski definition) is 4. The van der Waals surface area contributed by atoms with E-state index in [4.69, 9.17) is 4.74 Å². The second-order valence-electron chi connectivity index (χ2n) is 15.9. The maximum Gasteiger partial charge on any atom is 0.325 e. The molecule has 2 fully saturated rings. The summed E-state index contributed by atoms with van der Waals surface area (Å²) in [6.45, 7) is 19.5. The number of urea groups is 1. The molecule has 1 saturated heterocycles. The molecule has 3 aliphatic rings. The average Bonchev–Trinajstić information content (AvgIpc) is 3.73. The third-order valence-corrected chi connectivity index (χ3v) is 8.82. The maximum atomic E-state index is 14.2. The molecule has 4 N–H and O–H groups in total. The molecule has 3 atom stereocenters. The van der Waals surface area contributed by atoms with Gasteiger partial charge in [0.15, 0.2) is 0 Å². The highest BCUT2D eigenvalue weighted by molar-refractivity contribution is 6.38. The van der Waals surface area contributed by atoms with Crippen molar-refractivity contribution in [3.05, 3.63) is 48.0 Å². The topological polar surface area (TPSA) is 163 Å². The monoisotopic (exact) mass is 739 g/mol. The van der Waals surface area contributed by atoms with Gasteiger partial charge >= 0.3 is 12.0 Å². The Balaban J connectivity index is 0.00000128. The SMILES string of the molecule is C=CCNC(=O)C(=O)C(CC1CCC1)NC(=O)C1CCCN1C(=O)C(NC(=O)NCC(=O)OC(C)(C)C)C1Cc2ccccc2C1.CC(C)C.CCC. The number of carbonyl (C=O) groups excluding carboxylic acids is 6. The van der Waals surface area contributed by atoms with E-state index < -0.39 is 59.2 Å². The first-order valence-electron chi connectivity index (χ1n) is 19.4. The molecule has 2 aliphatic carbocycles. The molecule has 0 spiro atoms. The van der Waals surface area contributed by atoms with Gasteiger partial charge in [0.1, 0.15) is 24.2 Å². The zero-order valence-corrected chi connectivity index (χ0v) is 33.3. The third kappa shape index (κ3) is 15.3. The summed E-state index contributed by atoms with van der Waals surface area (Å²) in [5.74, 6) is -2.23. The molecule has 0 bridgehead atoms. The van der Waals surface area contributed by atoms with E-state index in [2.05, 4.69) is 62.5 Å². The minimum atomic E-state index is -1.00. The number of carbonyl (C=O) groups is 6. The van der Waals surface area contributed by atoms with E-state index in [0.29, 0.717) is 38.6 Å². The fourth-order valence-electron chi connectivity index (χ4n) is 6.39.